The van der Waals surface area contributed by atoms with E-state index in [1.165, 1.54) is 12.1 Å². The third-order valence-electron chi connectivity index (χ3n) is 8.76. The zero-order chi connectivity index (χ0) is 30.2. The van der Waals surface area contributed by atoms with Gasteiger partial charge in [0, 0.05) is 19.1 Å². The Labute approximate surface area is 247 Å². The molecule has 0 amide bonds. The van der Waals surface area contributed by atoms with Crippen molar-refractivity contribution in [3.05, 3.63) is 63.1 Å². The molecule has 4 nitrogen and oxygen atoms in total. The lowest BCUT2D eigenvalue weighted by molar-refractivity contribution is -0.137. The minimum absolute atomic E-state index is 0.313. The van der Waals surface area contributed by atoms with Crippen molar-refractivity contribution in [2.45, 2.75) is 102 Å². The van der Waals surface area contributed by atoms with Crippen LogP contribution in [0.4, 0.5) is 13.2 Å². The van der Waals surface area contributed by atoms with E-state index >= 15 is 0 Å². The molecule has 1 aliphatic heterocycles. The first-order chi connectivity index (χ1) is 18.4. The fraction of sp³-hybridized carbons (Fsp3) is 0.600. The number of rotatable bonds is 9. The zero-order valence-electron chi connectivity index (χ0n) is 24.3. The van der Waals surface area contributed by atoms with Crippen LogP contribution in [-0.4, -0.2) is 42.6 Å². The molecule has 0 saturated carbocycles. The lowest BCUT2D eigenvalue weighted by atomic mass is 9.83. The first-order valence-corrected chi connectivity index (χ1v) is 16.8. The molecule has 0 spiro atoms. The van der Waals surface area contributed by atoms with Gasteiger partial charge in [0.05, 0.1) is 27.3 Å². The van der Waals surface area contributed by atoms with E-state index in [1.54, 1.807) is 12.1 Å². The molecule has 0 bridgehead atoms. The Bertz CT molecular complexity index is 1110. The van der Waals surface area contributed by atoms with Crippen molar-refractivity contribution in [1.29, 1.82) is 0 Å². The minimum atomic E-state index is -4.42. The normalized spacial score (nSPS) is 18.4. The highest BCUT2D eigenvalue weighted by molar-refractivity contribution is 6.78. The molecular formula is C30H42Cl2F3NO3Si. The summed E-state index contributed by atoms with van der Waals surface area (Å²) in [6.07, 6.45) is -4.66. The van der Waals surface area contributed by atoms with Crippen molar-refractivity contribution >= 4 is 31.5 Å². The summed E-state index contributed by atoms with van der Waals surface area (Å²) in [4.78, 5) is 2.06. The maximum Gasteiger partial charge on any atom is 0.416 e. The summed E-state index contributed by atoms with van der Waals surface area (Å²) in [5.41, 5.74) is 0.0843. The maximum atomic E-state index is 12.9. The van der Waals surface area contributed by atoms with Crippen molar-refractivity contribution in [2.75, 3.05) is 13.1 Å². The van der Waals surface area contributed by atoms with Crippen LogP contribution in [0.3, 0.4) is 0 Å². The molecule has 2 aromatic carbocycles. The molecule has 0 aliphatic carbocycles. The summed E-state index contributed by atoms with van der Waals surface area (Å²) in [5, 5.41) is 23.2. The Hall–Kier alpha value is -1.29. The number of alkyl halides is 3. The van der Waals surface area contributed by atoms with Gasteiger partial charge < -0.3 is 14.6 Å². The molecule has 2 aromatic rings. The molecule has 10 heteroatoms. The van der Waals surface area contributed by atoms with Gasteiger partial charge in [0.1, 0.15) is 5.75 Å². The molecule has 2 N–H and O–H groups in total. The second kappa shape index (κ2) is 12.5. The largest absolute Gasteiger partial charge is 0.541 e. The molecule has 1 heterocycles. The molecule has 224 valence electrons. The van der Waals surface area contributed by atoms with Gasteiger partial charge in [0.2, 0.25) is 0 Å². The van der Waals surface area contributed by atoms with E-state index in [9.17, 15) is 23.4 Å². The zero-order valence-corrected chi connectivity index (χ0v) is 26.8. The maximum absolute atomic E-state index is 12.9. The van der Waals surface area contributed by atoms with E-state index in [-0.39, 0.29) is 6.04 Å². The van der Waals surface area contributed by atoms with Crippen LogP contribution in [0.5, 0.6) is 5.75 Å². The van der Waals surface area contributed by atoms with E-state index in [4.69, 9.17) is 27.6 Å². The van der Waals surface area contributed by atoms with Gasteiger partial charge in [-0.15, -0.1) is 0 Å². The molecule has 0 aromatic heterocycles. The summed E-state index contributed by atoms with van der Waals surface area (Å²) in [5.74, 6) is 0.467. The van der Waals surface area contributed by atoms with E-state index in [0.29, 0.717) is 69.5 Å². The predicted molar refractivity (Wildman–Crippen MR) is 159 cm³/mol. The average Bonchev–Trinajstić information content (AvgIpc) is 2.86. The molecule has 3 rings (SSSR count). The van der Waals surface area contributed by atoms with Crippen molar-refractivity contribution in [2.24, 2.45) is 0 Å². The molecule has 0 unspecified atom stereocenters. The molecule has 1 fully saturated rings. The molecule has 40 heavy (non-hydrogen) atoms. The highest BCUT2D eigenvalue weighted by Crippen LogP contribution is 2.47. The predicted octanol–water partition coefficient (Wildman–Crippen LogP) is 8.97. The number of likely N-dealkylation sites (tertiary alicyclic amines) is 1. The van der Waals surface area contributed by atoms with E-state index in [2.05, 4.69) is 46.4 Å². The smallest absolute Gasteiger partial charge is 0.416 e. The monoisotopic (exact) mass is 619 g/mol. The van der Waals surface area contributed by atoms with Crippen LogP contribution in [0.15, 0.2) is 36.4 Å². The van der Waals surface area contributed by atoms with Crippen molar-refractivity contribution in [1.82, 2.24) is 4.90 Å². The molecular weight excluding hydrogens is 578 g/mol. The Morgan fingerprint density at radius 2 is 1.32 bits per heavy atom. The van der Waals surface area contributed by atoms with Gasteiger partial charge in [0.15, 0.2) is 0 Å². The van der Waals surface area contributed by atoms with Gasteiger partial charge in [-0.2, -0.15) is 13.2 Å². The van der Waals surface area contributed by atoms with Gasteiger partial charge in [-0.1, -0.05) is 76.9 Å². The number of hydrogen-bond donors (Lipinski definition) is 2. The first-order valence-electron chi connectivity index (χ1n) is 13.9. The molecule has 2 atom stereocenters. The lowest BCUT2D eigenvalue weighted by Gasteiger charge is -2.43. The van der Waals surface area contributed by atoms with Crippen LogP contribution in [-0.2, 0) is 11.8 Å². The number of nitrogens with zero attached hydrogens (tertiary/aromatic N) is 1. The summed E-state index contributed by atoms with van der Waals surface area (Å²) in [6, 6.07) is 7.82. The number of benzene rings is 2. The number of aliphatic hydroxyl groups excluding tert-OH is 1. The Kier molecular flexibility index (Phi) is 10.4. The molecule has 1 aliphatic rings. The van der Waals surface area contributed by atoms with Gasteiger partial charge in [-0.3, -0.25) is 4.90 Å². The quantitative estimate of drug-likeness (QED) is 0.275. The fourth-order valence-corrected chi connectivity index (χ4v) is 12.4. The lowest BCUT2D eigenvalue weighted by Crippen LogP contribution is -2.50. The van der Waals surface area contributed by atoms with E-state index in [0.717, 1.165) is 12.1 Å². The summed E-state index contributed by atoms with van der Waals surface area (Å²) in [7, 11) is -2.30. The van der Waals surface area contributed by atoms with Crippen molar-refractivity contribution in [3.63, 3.8) is 0 Å². The second-order valence-corrected chi connectivity index (χ2v) is 18.3. The summed E-state index contributed by atoms with van der Waals surface area (Å²) >= 11 is 13.4. The highest BCUT2D eigenvalue weighted by Gasteiger charge is 2.48. The number of aliphatic hydroxyl groups is 2. The van der Waals surface area contributed by atoms with Crippen LogP contribution < -0.4 is 4.43 Å². The molecule has 1 saturated heterocycles. The topological polar surface area (TPSA) is 52.9 Å². The van der Waals surface area contributed by atoms with Gasteiger partial charge in [-0.05, 0) is 71.8 Å². The Morgan fingerprint density at radius 1 is 0.875 bits per heavy atom. The van der Waals surface area contributed by atoms with Crippen LogP contribution in [0, 0.1) is 0 Å². The number of hydrogen-bond acceptors (Lipinski definition) is 4. The van der Waals surface area contributed by atoms with Gasteiger partial charge in [-0.25, -0.2) is 0 Å². The average molecular weight is 621 g/mol. The van der Waals surface area contributed by atoms with Crippen molar-refractivity contribution < 1.29 is 27.8 Å². The Morgan fingerprint density at radius 3 is 1.73 bits per heavy atom. The van der Waals surface area contributed by atoms with E-state index in [1.807, 2.05) is 6.92 Å². The SMILES string of the molecule is CC(C)[Si](Oc1c(Cl)cc([C@@H](O)[C@@H](C)N2CCC(O)(c3ccc(C(F)(F)F)cc3)CC2)cc1Cl)(C(C)C)C(C)C. The fourth-order valence-electron chi connectivity index (χ4n) is 6.42. The van der Waals surface area contributed by atoms with Crippen LogP contribution in [0.1, 0.15) is 84.1 Å². The van der Waals surface area contributed by atoms with Crippen LogP contribution in [0.25, 0.3) is 0 Å². The highest BCUT2D eigenvalue weighted by atomic mass is 35.5. The number of piperidine rings is 1. The third kappa shape index (κ3) is 6.68. The van der Waals surface area contributed by atoms with Gasteiger partial charge in [0.25, 0.3) is 8.32 Å². The minimum Gasteiger partial charge on any atom is -0.541 e. The van der Waals surface area contributed by atoms with E-state index < -0.39 is 31.8 Å². The second-order valence-electron chi connectivity index (χ2n) is 12.1. The van der Waals surface area contributed by atoms with Crippen molar-refractivity contribution in [3.8, 4) is 5.75 Å². The third-order valence-corrected chi connectivity index (χ3v) is 15.3. The standard InChI is InChI=1S/C30H42Cl2F3NO3Si/c1-18(2)40(19(3)4,20(5)6)39-28-25(31)16-22(17-26(28)32)27(37)21(7)36-14-12-29(38,13-15-36)23-8-10-24(11-9-23)30(33,34)35/h8-11,16-21,27,37-38H,12-15H2,1-7H3/t21-,27+/m1/s1. The summed E-state index contributed by atoms with van der Waals surface area (Å²) < 4.78 is 45.6. The Balaban J connectivity index is 1.74. The van der Waals surface area contributed by atoms with Gasteiger partial charge >= 0.3 is 6.18 Å². The van der Waals surface area contributed by atoms with Crippen LogP contribution >= 0.6 is 23.2 Å². The molecule has 0 radical (unpaired) electrons. The van der Waals surface area contributed by atoms with Crippen LogP contribution in [0.2, 0.25) is 26.7 Å². The number of halogens is 5. The summed E-state index contributed by atoms with van der Waals surface area (Å²) in [6.45, 7) is 15.9. The first kappa shape index (κ1) is 33.2.